The number of carbonyl (C=O) groups is 1. The quantitative estimate of drug-likeness (QED) is 0.682. The molecule has 1 saturated heterocycles. The molecule has 3 aromatic rings. The third-order valence-electron chi connectivity index (χ3n) is 5.76. The van der Waals surface area contributed by atoms with Gasteiger partial charge >= 0.3 is 0 Å². The molecule has 2 aliphatic rings. The van der Waals surface area contributed by atoms with Gasteiger partial charge in [-0.2, -0.15) is 5.10 Å². The second kappa shape index (κ2) is 8.10. The van der Waals surface area contributed by atoms with Crippen molar-refractivity contribution in [2.24, 2.45) is 0 Å². The highest BCUT2D eigenvalue weighted by Crippen LogP contribution is 2.27. The maximum Gasteiger partial charge on any atom is 0.269 e. The Bertz CT molecular complexity index is 961. The molecule has 150 valence electrons. The van der Waals surface area contributed by atoms with Gasteiger partial charge in [0, 0.05) is 12.6 Å². The zero-order valence-corrected chi connectivity index (χ0v) is 17.1. The van der Waals surface area contributed by atoms with Crippen LogP contribution in [0.2, 0.25) is 0 Å². The monoisotopic (exact) mass is 407 g/mol. The number of piperidine rings is 1. The van der Waals surface area contributed by atoms with Crippen LogP contribution in [0.3, 0.4) is 0 Å². The Morgan fingerprint density at radius 2 is 1.97 bits per heavy atom. The molecule has 7 heteroatoms. The summed E-state index contributed by atoms with van der Waals surface area (Å²) in [6, 6.07) is 17.1. The first-order valence-corrected chi connectivity index (χ1v) is 11.1. The molecular formula is C22H25N5OS. The Kier molecular flexibility index (Phi) is 5.18. The lowest BCUT2D eigenvalue weighted by Gasteiger charge is -2.36. The minimum Gasteiger partial charge on any atom is -0.347 e. The fraction of sp³-hybridized carbons (Fsp3) is 0.364. The number of rotatable bonds is 5. The lowest BCUT2D eigenvalue weighted by molar-refractivity contribution is 0.0887. The van der Waals surface area contributed by atoms with E-state index in [2.05, 4.69) is 45.9 Å². The van der Waals surface area contributed by atoms with E-state index in [1.165, 1.54) is 5.56 Å². The van der Waals surface area contributed by atoms with E-state index in [9.17, 15) is 4.79 Å². The molecule has 0 radical (unpaired) electrons. The van der Waals surface area contributed by atoms with Crippen molar-refractivity contribution in [2.45, 2.75) is 31.6 Å². The summed E-state index contributed by atoms with van der Waals surface area (Å²) in [5, 5.41) is 13.5. The molecule has 2 N–H and O–H groups in total. The van der Waals surface area contributed by atoms with E-state index >= 15 is 0 Å². The summed E-state index contributed by atoms with van der Waals surface area (Å²) in [6.45, 7) is 3.75. The van der Waals surface area contributed by atoms with Crippen molar-refractivity contribution in [3.8, 4) is 10.6 Å². The first-order valence-electron chi connectivity index (χ1n) is 10.2. The lowest BCUT2D eigenvalue weighted by Crippen LogP contribution is -2.50. The topological polar surface area (TPSA) is 62.2 Å². The summed E-state index contributed by atoms with van der Waals surface area (Å²) in [7, 11) is 0. The predicted molar refractivity (Wildman–Crippen MR) is 115 cm³/mol. The highest BCUT2D eigenvalue weighted by Gasteiger charge is 2.30. The summed E-state index contributed by atoms with van der Waals surface area (Å²) >= 11 is 1.64. The van der Waals surface area contributed by atoms with Crippen molar-refractivity contribution in [2.75, 3.05) is 19.6 Å². The normalized spacial score (nSPS) is 20.4. The highest BCUT2D eigenvalue weighted by atomic mass is 32.1. The van der Waals surface area contributed by atoms with E-state index in [4.69, 9.17) is 5.10 Å². The molecule has 0 spiro atoms. The molecule has 0 unspecified atom stereocenters. The number of benzene rings is 1. The standard InChI is InChI=1S/C22H25N5OS/c28-22-19-13-18(20-7-4-12-29-20)25-27(19)21(14-23-22)24-17-8-10-26(11-9-17)15-16-5-2-1-3-6-16/h1-7,12-13,17,21,24H,8-11,14-15H2,(H,23,28)/t21-/m0/s1. The number of fused-ring (bicyclic) bond motifs is 1. The van der Waals surface area contributed by atoms with Crippen molar-refractivity contribution in [3.63, 3.8) is 0 Å². The number of nitrogens with zero attached hydrogens (tertiary/aromatic N) is 3. The Morgan fingerprint density at radius 3 is 2.72 bits per heavy atom. The van der Waals surface area contributed by atoms with Crippen molar-refractivity contribution < 1.29 is 4.79 Å². The van der Waals surface area contributed by atoms with Crippen molar-refractivity contribution in [1.29, 1.82) is 0 Å². The molecule has 2 aromatic heterocycles. The van der Waals surface area contributed by atoms with Crippen LogP contribution < -0.4 is 10.6 Å². The minimum absolute atomic E-state index is 0.00193. The second-order valence-corrected chi connectivity index (χ2v) is 8.71. The molecule has 0 bridgehead atoms. The first kappa shape index (κ1) is 18.5. The summed E-state index contributed by atoms with van der Waals surface area (Å²) in [5.41, 5.74) is 2.88. The van der Waals surface area contributed by atoms with Crippen LogP contribution in [0.5, 0.6) is 0 Å². The van der Waals surface area contributed by atoms with Crippen LogP contribution in [0.4, 0.5) is 0 Å². The molecule has 5 rings (SSSR count). The predicted octanol–water partition coefficient (Wildman–Crippen LogP) is 3.11. The number of hydrogen-bond donors (Lipinski definition) is 2. The maximum atomic E-state index is 12.3. The molecular weight excluding hydrogens is 382 g/mol. The smallest absolute Gasteiger partial charge is 0.269 e. The Hall–Kier alpha value is -2.48. The molecule has 1 fully saturated rings. The van der Waals surface area contributed by atoms with Crippen LogP contribution in [0.25, 0.3) is 10.6 Å². The van der Waals surface area contributed by atoms with Gasteiger partial charge in [0.1, 0.15) is 17.6 Å². The molecule has 4 heterocycles. The zero-order chi connectivity index (χ0) is 19.6. The van der Waals surface area contributed by atoms with Gasteiger partial charge in [0.25, 0.3) is 5.91 Å². The number of hydrogen-bond acceptors (Lipinski definition) is 5. The first-order chi connectivity index (χ1) is 14.3. The van der Waals surface area contributed by atoms with Crippen LogP contribution >= 0.6 is 11.3 Å². The van der Waals surface area contributed by atoms with Crippen molar-refractivity contribution >= 4 is 17.2 Å². The SMILES string of the molecule is O=C1NC[C@@H](NC2CCN(Cc3ccccc3)CC2)n2nc(-c3cccs3)cc21. The Morgan fingerprint density at radius 1 is 1.14 bits per heavy atom. The van der Waals surface area contributed by atoms with Crippen LogP contribution in [0.1, 0.15) is 35.1 Å². The fourth-order valence-corrected chi connectivity index (χ4v) is 4.90. The summed E-state index contributed by atoms with van der Waals surface area (Å²) in [6.07, 6.45) is 2.21. The van der Waals surface area contributed by atoms with E-state index in [0.717, 1.165) is 43.0 Å². The number of likely N-dealkylation sites (tertiary alicyclic amines) is 1. The van der Waals surface area contributed by atoms with Gasteiger partial charge in [-0.1, -0.05) is 36.4 Å². The lowest BCUT2D eigenvalue weighted by atomic mass is 10.0. The average molecular weight is 408 g/mol. The van der Waals surface area contributed by atoms with E-state index in [1.807, 2.05) is 28.3 Å². The van der Waals surface area contributed by atoms with Gasteiger partial charge in [-0.3, -0.25) is 15.0 Å². The summed E-state index contributed by atoms with van der Waals surface area (Å²) in [4.78, 5) is 15.9. The number of aromatic nitrogens is 2. The van der Waals surface area contributed by atoms with Crippen LogP contribution in [-0.4, -0.2) is 46.3 Å². The van der Waals surface area contributed by atoms with Crippen LogP contribution in [-0.2, 0) is 6.54 Å². The van der Waals surface area contributed by atoms with Crippen molar-refractivity contribution in [3.05, 3.63) is 65.2 Å². The molecule has 2 aliphatic heterocycles. The van der Waals surface area contributed by atoms with E-state index in [0.29, 0.717) is 18.3 Å². The minimum atomic E-state index is -0.0453. The summed E-state index contributed by atoms with van der Waals surface area (Å²) < 4.78 is 1.88. The van der Waals surface area contributed by atoms with Crippen molar-refractivity contribution in [1.82, 2.24) is 25.3 Å². The molecule has 1 atom stereocenters. The zero-order valence-electron chi connectivity index (χ0n) is 16.3. The average Bonchev–Trinajstić information content (AvgIpc) is 3.43. The van der Waals surface area contributed by atoms with Gasteiger partial charge in [-0.25, -0.2) is 4.68 Å². The number of carbonyl (C=O) groups excluding carboxylic acids is 1. The summed E-state index contributed by atoms with van der Waals surface area (Å²) in [5.74, 6) is -0.0453. The van der Waals surface area contributed by atoms with E-state index in [1.54, 1.807) is 11.3 Å². The van der Waals surface area contributed by atoms with Crippen LogP contribution in [0.15, 0.2) is 53.9 Å². The molecule has 1 aromatic carbocycles. The second-order valence-electron chi connectivity index (χ2n) is 7.77. The van der Waals surface area contributed by atoms with E-state index < -0.39 is 0 Å². The third-order valence-corrected chi connectivity index (χ3v) is 6.65. The molecule has 29 heavy (non-hydrogen) atoms. The Balaban J connectivity index is 1.23. The van der Waals surface area contributed by atoms with Gasteiger partial charge in [0.15, 0.2) is 0 Å². The maximum absolute atomic E-state index is 12.3. The molecule has 1 amide bonds. The fourth-order valence-electron chi connectivity index (χ4n) is 4.21. The van der Waals surface area contributed by atoms with Gasteiger partial charge in [0.05, 0.1) is 11.4 Å². The van der Waals surface area contributed by atoms with Gasteiger partial charge in [-0.15, -0.1) is 11.3 Å². The molecule has 6 nitrogen and oxygen atoms in total. The van der Waals surface area contributed by atoms with Gasteiger partial charge in [0.2, 0.25) is 0 Å². The molecule has 0 saturated carbocycles. The van der Waals surface area contributed by atoms with Crippen LogP contribution in [0, 0.1) is 0 Å². The van der Waals surface area contributed by atoms with E-state index in [-0.39, 0.29) is 12.1 Å². The van der Waals surface area contributed by atoms with Gasteiger partial charge < -0.3 is 5.32 Å². The number of amides is 1. The number of nitrogens with one attached hydrogen (secondary N) is 2. The highest BCUT2D eigenvalue weighted by molar-refractivity contribution is 7.13. The Labute approximate surface area is 174 Å². The number of thiophene rings is 1. The molecule has 0 aliphatic carbocycles. The third kappa shape index (κ3) is 3.99. The van der Waals surface area contributed by atoms with Gasteiger partial charge in [-0.05, 0) is 49.0 Å². The largest absolute Gasteiger partial charge is 0.347 e.